The van der Waals surface area contributed by atoms with Gasteiger partial charge in [-0.25, -0.2) is 9.97 Å². The second kappa shape index (κ2) is 4.34. The normalized spacial score (nSPS) is 10.0. The average molecular weight is 168 g/mol. The van der Waals surface area contributed by atoms with Crippen LogP contribution in [0, 0.1) is 6.92 Å². The van der Waals surface area contributed by atoms with E-state index in [-0.39, 0.29) is 0 Å². The van der Waals surface area contributed by atoms with Crippen LogP contribution in [0.4, 0.5) is 0 Å². The average Bonchev–Trinajstić information content (AvgIpc) is 2.01. The van der Waals surface area contributed by atoms with Crippen molar-refractivity contribution < 1.29 is 0 Å². The Morgan fingerprint density at radius 3 is 3.00 bits per heavy atom. The molecule has 0 aliphatic heterocycles. The maximum atomic E-state index is 4.28. The van der Waals surface area contributed by atoms with E-state index in [1.165, 1.54) is 0 Å². The molecule has 0 aromatic carbocycles. The molecule has 0 unspecified atom stereocenters. The molecule has 60 valence electrons. The van der Waals surface area contributed by atoms with Gasteiger partial charge in [-0.2, -0.15) is 11.8 Å². The van der Waals surface area contributed by atoms with Crippen molar-refractivity contribution in [3.8, 4) is 0 Å². The lowest BCUT2D eigenvalue weighted by Crippen LogP contribution is -1.93. The summed E-state index contributed by atoms with van der Waals surface area (Å²) < 4.78 is 0. The maximum Gasteiger partial charge on any atom is 0.138 e. The quantitative estimate of drug-likeness (QED) is 0.690. The highest BCUT2D eigenvalue weighted by atomic mass is 32.2. The van der Waals surface area contributed by atoms with E-state index >= 15 is 0 Å². The van der Waals surface area contributed by atoms with Gasteiger partial charge in [0.25, 0.3) is 0 Å². The molecule has 0 atom stereocenters. The minimum atomic E-state index is 0.929. The van der Waals surface area contributed by atoms with Gasteiger partial charge in [0.2, 0.25) is 0 Å². The second-order valence-corrected chi connectivity index (χ2v) is 3.53. The largest absolute Gasteiger partial charge is 0.240 e. The summed E-state index contributed by atoms with van der Waals surface area (Å²) in [7, 11) is 0. The Morgan fingerprint density at radius 1 is 1.55 bits per heavy atom. The minimum Gasteiger partial charge on any atom is -0.240 e. The number of aryl methyl sites for hydroxylation is 1. The number of nitrogens with zero attached hydrogens (tertiary/aromatic N) is 2. The van der Waals surface area contributed by atoms with E-state index in [1.54, 1.807) is 0 Å². The SMILES string of the molecule is CCSCc1nccc(C)n1. The summed E-state index contributed by atoms with van der Waals surface area (Å²) in [6.45, 7) is 4.13. The molecule has 0 amide bonds. The molecule has 0 saturated carbocycles. The summed E-state index contributed by atoms with van der Waals surface area (Å²) in [6.07, 6.45) is 1.81. The Labute approximate surface area is 71.5 Å². The number of thioether (sulfide) groups is 1. The Morgan fingerprint density at radius 2 is 2.36 bits per heavy atom. The zero-order valence-corrected chi connectivity index (χ0v) is 7.69. The van der Waals surface area contributed by atoms with E-state index in [0.717, 1.165) is 23.0 Å². The van der Waals surface area contributed by atoms with Gasteiger partial charge in [0.1, 0.15) is 5.82 Å². The van der Waals surface area contributed by atoms with Crippen molar-refractivity contribution in [3.63, 3.8) is 0 Å². The first-order valence-electron chi connectivity index (χ1n) is 3.69. The molecule has 1 rings (SSSR count). The molecule has 1 heterocycles. The lowest BCUT2D eigenvalue weighted by Gasteiger charge is -1.97. The molecule has 0 fully saturated rings. The summed E-state index contributed by atoms with van der Waals surface area (Å²) in [6, 6.07) is 1.92. The van der Waals surface area contributed by atoms with Gasteiger partial charge in [-0.1, -0.05) is 6.92 Å². The first kappa shape index (κ1) is 8.53. The van der Waals surface area contributed by atoms with Crippen LogP contribution in [-0.2, 0) is 5.75 Å². The minimum absolute atomic E-state index is 0.929. The number of rotatable bonds is 3. The van der Waals surface area contributed by atoms with E-state index in [4.69, 9.17) is 0 Å². The van der Waals surface area contributed by atoms with Crippen LogP contribution in [-0.4, -0.2) is 15.7 Å². The van der Waals surface area contributed by atoms with E-state index in [0.29, 0.717) is 0 Å². The van der Waals surface area contributed by atoms with E-state index in [2.05, 4.69) is 16.9 Å². The fraction of sp³-hybridized carbons (Fsp3) is 0.500. The van der Waals surface area contributed by atoms with Crippen LogP contribution >= 0.6 is 11.8 Å². The van der Waals surface area contributed by atoms with Crippen molar-refractivity contribution >= 4 is 11.8 Å². The second-order valence-electron chi connectivity index (χ2n) is 2.25. The molecule has 2 nitrogen and oxygen atoms in total. The Bertz CT molecular complexity index is 225. The fourth-order valence-electron chi connectivity index (χ4n) is 0.764. The third-order valence-corrected chi connectivity index (χ3v) is 2.15. The lowest BCUT2D eigenvalue weighted by atomic mass is 10.4. The Kier molecular flexibility index (Phi) is 3.36. The topological polar surface area (TPSA) is 25.8 Å². The third-order valence-electron chi connectivity index (χ3n) is 1.28. The number of aromatic nitrogens is 2. The Hall–Kier alpha value is -0.570. The highest BCUT2D eigenvalue weighted by molar-refractivity contribution is 7.98. The van der Waals surface area contributed by atoms with Crippen LogP contribution in [0.5, 0.6) is 0 Å². The van der Waals surface area contributed by atoms with Gasteiger partial charge in [0.05, 0.1) is 5.75 Å². The summed E-state index contributed by atoms with van der Waals surface area (Å²) in [5, 5.41) is 0. The summed E-state index contributed by atoms with van der Waals surface area (Å²) in [5.41, 5.74) is 1.05. The van der Waals surface area contributed by atoms with Gasteiger partial charge in [-0.3, -0.25) is 0 Å². The molecule has 0 spiro atoms. The number of hydrogen-bond acceptors (Lipinski definition) is 3. The molecule has 0 saturated heterocycles. The van der Waals surface area contributed by atoms with Gasteiger partial charge in [-0.15, -0.1) is 0 Å². The molecule has 0 N–H and O–H groups in total. The molecule has 1 aromatic rings. The highest BCUT2D eigenvalue weighted by Gasteiger charge is 1.94. The fourth-order valence-corrected chi connectivity index (χ4v) is 1.29. The summed E-state index contributed by atoms with van der Waals surface area (Å²) >= 11 is 1.84. The molecule has 1 aromatic heterocycles. The molecule has 0 aliphatic rings. The van der Waals surface area contributed by atoms with Gasteiger partial charge in [-0.05, 0) is 18.7 Å². The van der Waals surface area contributed by atoms with E-state index in [9.17, 15) is 0 Å². The van der Waals surface area contributed by atoms with Crippen LogP contribution in [0.25, 0.3) is 0 Å². The van der Waals surface area contributed by atoms with Crippen molar-refractivity contribution in [1.29, 1.82) is 0 Å². The molecule has 0 aliphatic carbocycles. The van der Waals surface area contributed by atoms with Gasteiger partial charge in [0.15, 0.2) is 0 Å². The summed E-state index contributed by atoms with van der Waals surface area (Å²) in [5.74, 6) is 2.99. The van der Waals surface area contributed by atoms with E-state index in [1.807, 2.05) is 30.9 Å². The van der Waals surface area contributed by atoms with Gasteiger partial charge < -0.3 is 0 Å². The standard InChI is InChI=1S/C8H12N2S/c1-3-11-6-8-9-5-4-7(2)10-8/h4-5H,3,6H2,1-2H3. The number of hydrogen-bond donors (Lipinski definition) is 0. The third kappa shape index (κ3) is 2.89. The van der Waals surface area contributed by atoms with Crippen LogP contribution in [0.3, 0.4) is 0 Å². The molecule has 0 bridgehead atoms. The predicted molar refractivity (Wildman–Crippen MR) is 48.6 cm³/mol. The van der Waals surface area contributed by atoms with Crippen LogP contribution < -0.4 is 0 Å². The zero-order valence-electron chi connectivity index (χ0n) is 6.87. The Balaban J connectivity index is 2.56. The van der Waals surface area contributed by atoms with Crippen molar-refractivity contribution in [2.24, 2.45) is 0 Å². The van der Waals surface area contributed by atoms with Gasteiger partial charge >= 0.3 is 0 Å². The maximum absolute atomic E-state index is 4.28. The molecular formula is C8H12N2S. The van der Waals surface area contributed by atoms with Crippen molar-refractivity contribution in [2.75, 3.05) is 5.75 Å². The smallest absolute Gasteiger partial charge is 0.138 e. The zero-order chi connectivity index (χ0) is 8.10. The first-order valence-corrected chi connectivity index (χ1v) is 4.84. The van der Waals surface area contributed by atoms with Crippen LogP contribution in [0.2, 0.25) is 0 Å². The molecular weight excluding hydrogens is 156 g/mol. The first-order chi connectivity index (χ1) is 5.33. The molecule has 3 heteroatoms. The van der Waals surface area contributed by atoms with Crippen molar-refractivity contribution in [1.82, 2.24) is 9.97 Å². The monoisotopic (exact) mass is 168 g/mol. The summed E-state index contributed by atoms with van der Waals surface area (Å²) in [4.78, 5) is 8.42. The van der Waals surface area contributed by atoms with Crippen LogP contribution in [0.1, 0.15) is 18.4 Å². The lowest BCUT2D eigenvalue weighted by molar-refractivity contribution is 0.996. The predicted octanol–water partition coefficient (Wildman–Crippen LogP) is 2.04. The molecule has 11 heavy (non-hydrogen) atoms. The molecule has 0 radical (unpaired) electrons. The van der Waals surface area contributed by atoms with Crippen molar-refractivity contribution in [2.45, 2.75) is 19.6 Å². The highest BCUT2D eigenvalue weighted by Crippen LogP contribution is 2.06. The van der Waals surface area contributed by atoms with Gasteiger partial charge in [0, 0.05) is 11.9 Å². The van der Waals surface area contributed by atoms with Crippen molar-refractivity contribution in [3.05, 3.63) is 23.8 Å². The van der Waals surface area contributed by atoms with Crippen LogP contribution in [0.15, 0.2) is 12.3 Å². The van der Waals surface area contributed by atoms with E-state index < -0.39 is 0 Å².